The Morgan fingerprint density at radius 1 is 0.320 bits per heavy atom. The van der Waals surface area contributed by atoms with Crippen molar-refractivity contribution in [2.75, 3.05) is 6.61 Å². The van der Waals surface area contributed by atoms with Gasteiger partial charge in [0.05, 0.1) is 18.8 Å². The fourth-order valence-corrected chi connectivity index (χ4v) is 11.1. The molecule has 75 heavy (non-hydrogen) atoms. The number of unbranched alkanes of at least 4 members (excludes halogenated alkanes) is 51. The van der Waals surface area contributed by atoms with Gasteiger partial charge in [0, 0.05) is 0 Å². The molecule has 0 rings (SSSR count). The van der Waals surface area contributed by atoms with Crippen LogP contribution in [-0.4, -0.2) is 57.3 Å². The lowest BCUT2D eigenvalue weighted by molar-refractivity contribution is -0.132. The van der Waals surface area contributed by atoms with Gasteiger partial charge in [-0.05, 0) is 51.4 Å². The van der Waals surface area contributed by atoms with E-state index >= 15 is 0 Å². The van der Waals surface area contributed by atoms with Crippen LogP contribution in [0.25, 0.3) is 0 Å². The monoisotopic (exact) mass is 1060 g/mol. The maximum Gasteiger partial charge on any atom is 0.249 e. The standard InChI is InChI=1S/C69H135NO5/c1-3-5-7-9-11-13-15-17-19-21-23-25-27-29-30-31-32-33-34-35-36-37-39-41-43-45-47-49-51-53-55-57-59-61-63-67(73)69(75)70-65(64-71)68(74)66(72)62-60-58-56-54-52-50-48-46-44-42-40-38-28-26-24-22-20-18-16-14-12-10-8-6-4-2/h46,48,54,56,65-68,71-74H,3-45,47,49-53,55,57-64H2,1-2H3,(H,70,75)/b48-46+,56-54+. The quantitative estimate of drug-likeness (QED) is 0.0308. The lowest BCUT2D eigenvalue weighted by Gasteiger charge is -2.27. The number of nitrogens with one attached hydrogen (secondary N) is 1. The van der Waals surface area contributed by atoms with Crippen LogP contribution in [0.3, 0.4) is 0 Å². The Morgan fingerprint density at radius 3 is 0.840 bits per heavy atom. The number of carbonyl (C=O) groups excluding carboxylic acids is 1. The van der Waals surface area contributed by atoms with E-state index in [1.165, 1.54) is 308 Å². The minimum Gasteiger partial charge on any atom is -0.394 e. The summed E-state index contributed by atoms with van der Waals surface area (Å²) >= 11 is 0. The molecule has 0 spiro atoms. The minimum atomic E-state index is -1.29. The minimum absolute atomic E-state index is 0.365. The summed E-state index contributed by atoms with van der Waals surface area (Å²) in [5, 5.41) is 44.1. The Hall–Kier alpha value is -1.21. The van der Waals surface area contributed by atoms with Crippen molar-refractivity contribution in [2.24, 2.45) is 0 Å². The summed E-state index contributed by atoms with van der Waals surface area (Å²) in [6, 6.07) is -1.01. The molecule has 0 fully saturated rings. The third kappa shape index (κ3) is 57.3. The first-order valence-corrected chi connectivity index (χ1v) is 34.2. The number of hydrogen-bond acceptors (Lipinski definition) is 5. The lowest BCUT2D eigenvalue weighted by Crippen LogP contribution is -2.53. The molecule has 0 heterocycles. The fraction of sp³-hybridized carbons (Fsp3) is 0.928. The SMILES string of the molecule is CCCCCCCCCCCCCCCCCC/C=C/CC/C=C/CCCC(O)C(O)C(CO)NC(=O)C(O)CCCCCCCCCCCCCCCCCCCCCCCCCCCCCCCCCCCC. The van der Waals surface area contributed by atoms with Crippen LogP contribution in [0.1, 0.15) is 380 Å². The van der Waals surface area contributed by atoms with E-state index in [1.807, 2.05) is 0 Å². The van der Waals surface area contributed by atoms with Crippen LogP contribution in [0.5, 0.6) is 0 Å². The molecule has 446 valence electrons. The zero-order chi connectivity index (χ0) is 54.4. The molecule has 0 saturated carbocycles. The van der Waals surface area contributed by atoms with Crippen molar-refractivity contribution < 1.29 is 25.2 Å². The smallest absolute Gasteiger partial charge is 0.249 e. The van der Waals surface area contributed by atoms with E-state index in [2.05, 4.69) is 43.5 Å². The van der Waals surface area contributed by atoms with E-state index in [4.69, 9.17) is 0 Å². The zero-order valence-corrected chi connectivity index (χ0v) is 50.8. The average Bonchev–Trinajstić information content (AvgIpc) is 3.42. The largest absolute Gasteiger partial charge is 0.394 e. The second kappa shape index (κ2) is 63.6. The number of carbonyl (C=O) groups is 1. The second-order valence-electron chi connectivity index (χ2n) is 23.9. The van der Waals surface area contributed by atoms with E-state index in [0.29, 0.717) is 19.3 Å². The molecule has 0 bridgehead atoms. The summed E-state index contributed by atoms with van der Waals surface area (Å²) in [6.45, 7) is 4.09. The van der Waals surface area contributed by atoms with Crippen molar-refractivity contribution in [3.8, 4) is 0 Å². The predicted molar refractivity (Wildman–Crippen MR) is 330 cm³/mol. The highest BCUT2D eigenvalue weighted by atomic mass is 16.3. The topological polar surface area (TPSA) is 110 Å². The van der Waals surface area contributed by atoms with Gasteiger partial charge < -0.3 is 25.7 Å². The van der Waals surface area contributed by atoms with Crippen molar-refractivity contribution in [1.82, 2.24) is 5.32 Å². The first kappa shape index (κ1) is 73.8. The third-order valence-electron chi connectivity index (χ3n) is 16.4. The highest BCUT2D eigenvalue weighted by Gasteiger charge is 2.28. The molecule has 0 aliphatic heterocycles. The van der Waals surface area contributed by atoms with Gasteiger partial charge in [-0.3, -0.25) is 4.79 Å². The summed E-state index contributed by atoms with van der Waals surface area (Å²) in [5.74, 6) is -0.589. The Kier molecular flexibility index (Phi) is 62.6. The van der Waals surface area contributed by atoms with Crippen molar-refractivity contribution in [1.29, 1.82) is 0 Å². The molecular weight excluding hydrogens is 923 g/mol. The van der Waals surface area contributed by atoms with E-state index < -0.39 is 36.9 Å². The van der Waals surface area contributed by atoms with Crippen molar-refractivity contribution >= 4 is 5.91 Å². The molecule has 0 aliphatic rings. The second-order valence-corrected chi connectivity index (χ2v) is 23.9. The average molecular weight is 1060 g/mol. The van der Waals surface area contributed by atoms with Gasteiger partial charge in [0.1, 0.15) is 12.2 Å². The highest BCUT2D eigenvalue weighted by molar-refractivity contribution is 5.80. The molecule has 0 radical (unpaired) electrons. The first-order chi connectivity index (χ1) is 37.0. The summed E-state index contributed by atoms with van der Waals surface area (Å²) in [4.78, 5) is 12.6. The van der Waals surface area contributed by atoms with E-state index in [1.54, 1.807) is 0 Å². The molecule has 1 amide bonds. The van der Waals surface area contributed by atoms with Gasteiger partial charge in [-0.15, -0.1) is 0 Å². The molecule has 0 aromatic carbocycles. The van der Waals surface area contributed by atoms with Gasteiger partial charge >= 0.3 is 0 Å². The summed E-state index contributed by atoms with van der Waals surface area (Å²) in [5.41, 5.74) is 0. The molecule has 6 heteroatoms. The van der Waals surface area contributed by atoms with Crippen LogP contribution in [-0.2, 0) is 4.79 Å². The van der Waals surface area contributed by atoms with Crippen molar-refractivity contribution in [3.63, 3.8) is 0 Å². The molecule has 4 unspecified atom stereocenters. The van der Waals surface area contributed by atoms with Gasteiger partial charge in [-0.2, -0.15) is 0 Å². The van der Waals surface area contributed by atoms with Crippen LogP contribution < -0.4 is 5.32 Å². The normalized spacial score (nSPS) is 13.6. The maximum absolute atomic E-state index is 12.6. The molecular formula is C69H135NO5. The van der Waals surface area contributed by atoms with E-state index in [0.717, 1.165) is 38.5 Å². The molecule has 0 aromatic rings. The van der Waals surface area contributed by atoms with Gasteiger partial charge in [0.2, 0.25) is 5.91 Å². The lowest BCUT2D eigenvalue weighted by atomic mass is 10.00. The molecule has 5 N–H and O–H groups in total. The number of aliphatic hydroxyl groups excluding tert-OH is 4. The number of rotatable bonds is 64. The maximum atomic E-state index is 12.6. The third-order valence-corrected chi connectivity index (χ3v) is 16.4. The van der Waals surface area contributed by atoms with Gasteiger partial charge in [-0.1, -0.05) is 353 Å². The Bertz CT molecular complexity index is 1140. The molecule has 4 atom stereocenters. The molecule has 6 nitrogen and oxygen atoms in total. The van der Waals surface area contributed by atoms with Crippen LogP contribution in [0.2, 0.25) is 0 Å². The number of hydrogen-bond donors (Lipinski definition) is 5. The highest BCUT2D eigenvalue weighted by Crippen LogP contribution is 2.19. The van der Waals surface area contributed by atoms with Gasteiger partial charge in [0.25, 0.3) is 0 Å². The number of aliphatic hydroxyl groups is 4. The van der Waals surface area contributed by atoms with E-state index in [9.17, 15) is 25.2 Å². The number of allylic oxidation sites excluding steroid dienone is 4. The van der Waals surface area contributed by atoms with Crippen molar-refractivity contribution in [3.05, 3.63) is 24.3 Å². The summed E-state index contributed by atoms with van der Waals surface area (Å²) < 4.78 is 0. The van der Waals surface area contributed by atoms with Crippen LogP contribution in [0.15, 0.2) is 24.3 Å². The van der Waals surface area contributed by atoms with E-state index in [-0.39, 0.29) is 0 Å². The first-order valence-electron chi connectivity index (χ1n) is 34.2. The zero-order valence-electron chi connectivity index (χ0n) is 50.8. The number of amides is 1. The summed E-state index contributed by atoms with van der Waals surface area (Å²) in [6.07, 6.45) is 80.2. The molecule has 0 aliphatic carbocycles. The Balaban J connectivity index is 3.56. The van der Waals surface area contributed by atoms with Crippen LogP contribution in [0, 0.1) is 0 Å². The van der Waals surface area contributed by atoms with Gasteiger partial charge in [0.15, 0.2) is 0 Å². The summed E-state index contributed by atoms with van der Waals surface area (Å²) in [7, 11) is 0. The van der Waals surface area contributed by atoms with Crippen LogP contribution in [0.4, 0.5) is 0 Å². The predicted octanol–water partition coefficient (Wildman–Crippen LogP) is 20.9. The molecule has 0 aromatic heterocycles. The fourth-order valence-electron chi connectivity index (χ4n) is 11.1. The Labute approximate surface area is 469 Å². The molecule has 0 saturated heterocycles. The van der Waals surface area contributed by atoms with Crippen LogP contribution >= 0.6 is 0 Å². The van der Waals surface area contributed by atoms with Gasteiger partial charge in [-0.25, -0.2) is 0 Å². The van der Waals surface area contributed by atoms with Crippen molar-refractivity contribution in [2.45, 2.75) is 404 Å². The Morgan fingerprint density at radius 2 is 0.560 bits per heavy atom.